The van der Waals surface area contributed by atoms with Gasteiger partial charge in [0.2, 0.25) is 5.91 Å². The third kappa shape index (κ3) is 9.28. The average molecular weight is 300 g/mol. The molecule has 0 heterocycles. The van der Waals surface area contributed by atoms with Crippen molar-refractivity contribution in [2.24, 2.45) is 10.4 Å². The van der Waals surface area contributed by atoms with E-state index in [4.69, 9.17) is 4.74 Å². The van der Waals surface area contributed by atoms with Crippen LogP contribution in [-0.4, -0.2) is 51.8 Å². The minimum Gasteiger partial charge on any atom is -0.379 e. The van der Waals surface area contributed by atoms with E-state index in [9.17, 15) is 4.79 Å². The minimum atomic E-state index is 0.0562. The molecule has 0 rings (SSSR count). The molecule has 6 heteroatoms. The monoisotopic (exact) mass is 300 g/mol. The molecule has 0 saturated heterocycles. The number of carbonyl (C=O) groups excluding carboxylic acids is 1. The van der Waals surface area contributed by atoms with Crippen molar-refractivity contribution in [2.45, 2.75) is 46.6 Å². The van der Waals surface area contributed by atoms with Gasteiger partial charge in [0.25, 0.3) is 0 Å². The molecule has 0 aliphatic rings. The van der Waals surface area contributed by atoms with Gasteiger partial charge < -0.3 is 20.7 Å². The van der Waals surface area contributed by atoms with E-state index in [1.54, 1.807) is 14.2 Å². The number of hydrogen-bond donors (Lipinski definition) is 3. The van der Waals surface area contributed by atoms with Gasteiger partial charge >= 0.3 is 0 Å². The maximum Gasteiger partial charge on any atom is 0.221 e. The average Bonchev–Trinajstić information content (AvgIpc) is 2.42. The molecule has 21 heavy (non-hydrogen) atoms. The van der Waals surface area contributed by atoms with Crippen LogP contribution < -0.4 is 16.0 Å². The summed E-state index contributed by atoms with van der Waals surface area (Å²) in [7, 11) is 3.43. The van der Waals surface area contributed by atoms with Crippen LogP contribution in [0.4, 0.5) is 0 Å². The molecule has 0 radical (unpaired) electrons. The Balaban J connectivity index is 4.05. The summed E-state index contributed by atoms with van der Waals surface area (Å²) in [5, 5.41) is 9.20. The highest BCUT2D eigenvalue weighted by Crippen LogP contribution is 2.20. The van der Waals surface area contributed by atoms with Gasteiger partial charge in [-0.25, -0.2) is 0 Å². The van der Waals surface area contributed by atoms with E-state index in [0.717, 1.165) is 13.0 Å². The van der Waals surface area contributed by atoms with Crippen LogP contribution >= 0.6 is 0 Å². The molecule has 1 atom stereocenters. The molecule has 0 fully saturated rings. The van der Waals surface area contributed by atoms with E-state index in [1.807, 2.05) is 6.92 Å². The van der Waals surface area contributed by atoms with E-state index in [2.05, 4.69) is 41.7 Å². The zero-order valence-electron chi connectivity index (χ0n) is 14.4. The van der Waals surface area contributed by atoms with Gasteiger partial charge in [-0.1, -0.05) is 27.7 Å². The van der Waals surface area contributed by atoms with Crippen molar-refractivity contribution in [1.29, 1.82) is 0 Å². The molecule has 1 amide bonds. The number of rotatable bonds is 8. The molecule has 0 aliphatic carbocycles. The predicted molar refractivity (Wildman–Crippen MR) is 87.5 cm³/mol. The Labute approximate surface area is 129 Å². The number of guanidine groups is 1. The SMILES string of the molecule is CCCNC(=O)CCNC(=NC)NCC(OC)C(C)(C)C. The van der Waals surface area contributed by atoms with Gasteiger partial charge in [0.1, 0.15) is 0 Å². The number of aliphatic imine (C=N–C) groups is 1. The summed E-state index contributed by atoms with van der Waals surface area (Å²) in [6.45, 7) is 10.4. The Morgan fingerprint density at radius 2 is 1.86 bits per heavy atom. The standard InChI is InChI=1S/C15H32N4O2/c1-7-9-17-13(20)8-10-18-14(16-5)19-11-12(21-6)15(2,3)4/h12H,7-11H2,1-6H3,(H,17,20)(H2,16,18,19). The van der Waals surface area contributed by atoms with Crippen molar-refractivity contribution in [3.8, 4) is 0 Å². The summed E-state index contributed by atoms with van der Waals surface area (Å²) in [6.07, 6.45) is 1.48. The van der Waals surface area contributed by atoms with Crippen molar-refractivity contribution in [3.05, 3.63) is 0 Å². The van der Waals surface area contributed by atoms with Gasteiger partial charge in [0, 0.05) is 40.2 Å². The van der Waals surface area contributed by atoms with E-state index < -0.39 is 0 Å². The normalized spacial score (nSPS) is 13.7. The summed E-state index contributed by atoms with van der Waals surface area (Å²) in [5.41, 5.74) is 0.0562. The Bertz CT molecular complexity index is 324. The fourth-order valence-electron chi connectivity index (χ4n) is 1.80. The van der Waals surface area contributed by atoms with E-state index in [-0.39, 0.29) is 17.4 Å². The van der Waals surface area contributed by atoms with E-state index in [1.165, 1.54) is 0 Å². The lowest BCUT2D eigenvalue weighted by Gasteiger charge is -2.30. The van der Waals surface area contributed by atoms with Crippen molar-refractivity contribution < 1.29 is 9.53 Å². The van der Waals surface area contributed by atoms with Crippen molar-refractivity contribution in [2.75, 3.05) is 33.8 Å². The summed E-state index contributed by atoms with van der Waals surface area (Å²) >= 11 is 0. The first-order valence-electron chi connectivity index (χ1n) is 7.59. The largest absolute Gasteiger partial charge is 0.379 e. The Morgan fingerprint density at radius 1 is 1.19 bits per heavy atom. The second-order valence-electron chi connectivity index (χ2n) is 6.07. The quantitative estimate of drug-likeness (QED) is 0.464. The third-order valence-electron chi connectivity index (χ3n) is 3.15. The van der Waals surface area contributed by atoms with Gasteiger partial charge in [0.15, 0.2) is 5.96 Å². The summed E-state index contributed by atoms with van der Waals surface area (Å²) in [6, 6.07) is 0. The topological polar surface area (TPSA) is 74.8 Å². The van der Waals surface area contributed by atoms with Crippen LogP contribution in [0.25, 0.3) is 0 Å². The number of hydrogen-bond acceptors (Lipinski definition) is 3. The van der Waals surface area contributed by atoms with E-state index >= 15 is 0 Å². The van der Waals surface area contributed by atoms with Crippen molar-refractivity contribution in [1.82, 2.24) is 16.0 Å². The zero-order valence-corrected chi connectivity index (χ0v) is 14.4. The zero-order chi connectivity index (χ0) is 16.3. The molecule has 0 spiro atoms. The van der Waals surface area contributed by atoms with Crippen LogP contribution in [0.1, 0.15) is 40.5 Å². The van der Waals surface area contributed by atoms with Crippen LogP contribution in [-0.2, 0) is 9.53 Å². The molecule has 1 unspecified atom stereocenters. The Hall–Kier alpha value is -1.30. The molecule has 0 aromatic rings. The molecule has 6 nitrogen and oxygen atoms in total. The lowest BCUT2D eigenvalue weighted by molar-refractivity contribution is -0.120. The van der Waals surface area contributed by atoms with Gasteiger partial charge in [-0.15, -0.1) is 0 Å². The number of nitrogens with zero attached hydrogens (tertiary/aromatic N) is 1. The summed E-state index contributed by atoms with van der Waals surface area (Å²) in [4.78, 5) is 15.6. The highest BCUT2D eigenvalue weighted by atomic mass is 16.5. The predicted octanol–water partition coefficient (Wildman–Crippen LogP) is 1.13. The summed E-state index contributed by atoms with van der Waals surface area (Å²) < 4.78 is 5.49. The lowest BCUT2D eigenvalue weighted by Crippen LogP contribution is -2.45. The van der Waals surface area contributed by atoms with Gasteiger partial charge in [-0.3, -0.25) is 9.79 Å². The minimum absolute atomic E-state index is 0.0562. The maximum atomic E-state index is 11.5. The smallest absolute Gasteiger partial charge is 0.221 e. The van der Waals surface area contributed by atoms with E-state index in [0.29, 0.717) is 25.5 Å². The fourth-order valence-corrected chi connectivity index (χ4v) is 1.80. The lowest BCUT2D eigenvalue weighted by atomic mass is 9.89. The molecule has 3 N–H and O–H groups in total. The van der Waals surface area contributed by atoms with Crippen LogP contribution in [0.15, 0.2) is 4.99 Å². The second kappa shape index (κ2) is 10.4. The maximum absolute atomic E-state index is 11.5. The molecule has 0 aromatic heterocycles. The third-order valence-corrected chi connectivity index (χ3v) is 3.15. The number of methoxy groups -OCH3 is 1. The van der Waals surface area contributed by atoms with Crippen LogP contribution in [0.3, 0.4) is 0 Å². The molecule has 0 aliphatic heterocycles. The second-order valence-corrected chi connectivity index (χ2v) is 6.07. The first-order chi connectivity index (χ1) is 9.85. The number of nitrogens with one attached hydrogen (secondary N) is 3. The molecular weight excluding hydrogens is 268 g/mol. The van der Waals surface area contributed by atoms with Gasteiger partial charge in [0.05, 0.1) is 6.10 Å². The molecule has 124 valence electrons. The number of amides is 1. The van der Waals surface area contributed by atoms with Crippen LogP contribution in [0, 0.1) is 5.41 Å². The van der Waals surface area contributed by atoms with Gasteiger partial charge in [-0.05, 0) is 11.8 Å². The Kier molecular flexibility index (Phi) is 9.78. The molecular formula is C15H32N4O2. The van der Waals surface area contributed by atoms with Crippen molar-refractivity contribution in [3.63, 3.8) is 0 Å². The van der Waals surface area contributed by atoms with Crippen molar-refractivity contribution >= 4 is 11.9 Å². The molecule has 0 saturated carbocycles. The summed E-state index contributed by atoms with van der Waals surface area (Å²) in [5.74, 6) is 0.744. The van der Waals surface area contributed by atoms with Gasteiger partial charge in [-0.2, -0.15) is 0 Å². The molecule has 0 bridgehead atoms. The van der Waals surface area contributed by atoms with Crippen LogP contribution in [0.2, 0.25) is 0 Å². The highest BCUT2D eigenvalue weighted by molar-refractivity contribution is 5.81. The number of ether oxygens (including phenoxy) is 1. The first kappa shape index (κ1) is 19.7. The number of carbonyl (C=O) groups is 1. The van der Waals surface area contributed by atoms with Crippen LogP contribution in [0.5, 0.6) is 0 Å². The fraction of sp³-hybridized carbons (Fsp3) is 0.867. The first-order valence-corrected chi connectivity index (χ1v) is 7.59. The Morgan fingerprint density at radius 3 is 2.33 bits per heavy atom. The molecule has 0 aromatic carbocycles. The highest BCUT2D eigenvalue weighted by Gasteiger charge is 2.24.